The molecule has 5 nitrogen and oxygen atoms in total. The van der Waals surface area contributed by atoms with Crippen molar-refractivity contribution in [2.75, 3.05) is 5.32 Å². The molecule has 1 amide bonds. The van der Waals surface area contributed by atoms with Crippen LogP contribution in [0.25, 0.3) is 6.08 Å². The molecule has 1 N–H and O–H groups in total. The number of nitrogens with one attached hydrogen (secondary N) is 1. The van der Waals surface area contributed by atoms with E-state index in [0.717, 1.165) is 4.88 Å². The standard InChI is InChI=1S/C17H13ClN2O3S/c1-11(23-16(21)7-6-14-3-2-8-24-14)17(22)20-13-5-4-12(10-19)15(18)9-13/h2-9,11H,1H3,(H,20,22)/b7-6+/t11-/m0/s1. The number of hydrogen-bond donors (Lipinski definition) is 1. The fraction of sp³-hybridized carbons (Fsp3) is 0.118. The number of carbonyl (C=O) groups is 2. The zero-order valence-corrected chi connectivity index (χ0v) is 14.2. The van der Waals surface area contributed by atoms with Crippen LogP contribution in [0.5, 0.6) is 0 Å². The summed E-state index contributed by atoms with van der Waals surface area (Å²) in [5, 5.41) is 13.5. The van der Waals surface area contributed by atoms with Gasteiger partial charge in [-0.15, -0.1) is 11.3 Å². The third-order valence-electron chi connectivity index (χ3n) is 2.95. The molecule has 1 heterocycles. The highest BCUT2D eigenvalue weighted by molar-refractivity contribution is 7.10. The lowest BCUT2D eigenvalue weighted by molar-refractivity contribution is -0.148. The molecule has 1 atom stereocenters. The predicted octanol–water partition coefficient (Wildman–Crippen LogP) is 3.86. The first-order valence-electron chi connectivity index (χ1n) is 6.92. The summed E-state index contributed by atoms with van der Waals surface area (Å²) in [6.07, 6.45) is 1.92. The quantitative estimate of drug-likeness (QED) is 0.648. The van der Waals surface area contributed by atoms with E-state index in [1.54, 1.807) is 12.1 Å². The third-order valence-corrected chi connectivity index (χ3v) is 4.10. The molecule has 24 heavy (non-hydrogen) atoms. The van der Waals surface area contributed by atoms with E-state index in [2.05, 4.69) is 5.32 Å². The molecule has 0 saturated heterocycles. The summed E-state index contributed by atoms with van der Waals surface area (Å²) < 4.78 is 5.04. The molecular formula is C17H13ClN2O3S. The summed E-state index contributed by atoms with van der Waals surface area (Å²) in [6, 6.07) is 10.2. The number of nitrogens with zero attached hydrogens (tertiary/aromatic N) is 1. The molecule has 1 aromatic carbocycles. The Balaban J connectivity index is 1.91. The second-order valence-electron chi connectivity index (χ2n) is 4.72. The van der Waals surface area contributed by atoms with Gasteiger partial charge in [-0.3, -0.25) is 4.79 Å². The Hall–Kier alpha value is -2.62. The lowest BCUT2D eigenvalue weighted by Crippen LogP contribution is -2.29. The third kappa shape index (κ3) is 4.95. The van der Waals surface area contributed by atoms with Gasteiger partial charge in [0.25, 0.3) is 5.91 Å². The zero-order valence-electron chi connectivity index (χ0n) is 12.7. The van der Waals surface area contributed by atoms with Crippen molar-refractivity contribution in [3.8, 4) is 6.07 Å². The fourth-order valence-electron chi connectivity index (χ4n) is 1.73. The second-order valence-corrected chi connectivity index (χ2v) is 6.11. The molecule has 2 rings (SSSR count). The Kier molecular flexibility index (Phi) is 6.13. The molecule has 0 aliphatic rings. The highest BCUT2D eigenvalue weighted by Gasteiger charge is 2.17. The van der Waals surface area contributed by atoms with Crippen LogP contribution in [0.2, 0.25) is 5.02 Å². The normalized spacial score (nSPS) is 11.7. The van der Waals surface area contributed by atoms with E-state index >= 15 is 0 Å². The number of esters is 1. The number of nitriles is 1. The van der Waals surface area contributed by atoms with Crippen LogP contribution in [0.3, 0.4) is 0 Å². The number of thiophene rings is 1. The lowest BCUT2D eigenvalue weighted by Gasteiger charge is -2.12. The Morgan fingerprint density at radius 1 is 1.42 bits per heavy atom. The summed E-state index contributed by atoms with van der Waals surface area (Å²) in [7, 11) is 0. The van der Waals surface area contributed by atoms with Crippen LogP contribution < -0.4 is 5.32 Å². The van der Waals surface area contributed by atoms with Gasteiger partial charge in [0.15, 0.2) is 6.10 Å². The van der Waals surface area contributed by atoms with Crippen molar-refractivity contribution in [2.45, 2.75) is 13.0 Å². The van der Waals surface area contributed by atoms with Crippen LogP contribution in [0.1, 0.15) is 17.4 Å². The molecule has 0 aliphatic carbocycles. The van der Waals surface area contributed by atoms with Crippen LogP contribution >= 0.6 is 22.9 Å². The van der Waals surface area contributed by atoms with Crippen molar-refractivity contribution in [1.29, 1.82) is 5.26 Å². The summed E-state index contributed by atoms with van der Waals surface area (Å²) >= 11 is 7.39. The molecule has 7 heteroatoms. The summed E-state index contributed by atoms with van der Waals surface area (Å²) in [4.78, 5) is 24.6. The molecular weight excluding hydrogens is 348 g/mol. The van der Waals surface area contributed by atoms with Gasteiger partial charge < -0.3 is 10.1 Å². The average Bonchev–Trinajstić information content (AvgIpc) is 3.06. The molecule has 1 aromatic heterocycles. The van der Waals surface area contributed by atoms with Crippen LogP contribution in [-0.4, -0.2) is 18.0 Å². The Morgan fingerprint density at radius 2 is 2.21 bits per heavy atom. The molecule has 0 aliphatic heterocycles. The van der Waals surface area contributed by atoms with Gasteiger partial charge in [0.05, 0.1) is 10.6 Å². The minimum Gasteiger partial charge on any atom is -0.449 e. The summed E-state index contributed by atoms with van der Waals surface area (Å²) in [5.74, 6) is -1.10. The number of benzene rings is 1. The van der Waals surface area contributed by atoms with Crippen molar-refractivity contribution in [3.63, 3.8) is 0 Å². The van der Waals surface area contributed by atoms with Crippen LogP contribution in [0, 0.1) is 11.3 Å². The maximum absolute atomic E-state index is 12.0. The highest BCUT2D eigenvalue weighted by atomic mass is 35.5. The maximum atomic E-state index is 12.0. The van der Waals surface area contributed by atoms with E-state index < -0.39 is 18.0 Å². The van der Waals surface area contributed by atoms with E-state index in [9.17, 15) is 9.59 Å². The minimum atomic E-state index is -0.972. The van der Waals surface area contributed by atoms with Gasteiger partial charge in [-0.2, -0.15) is 5.26 Å². The average molecular weight is 361 g/mol. The van der Waals surface area contributed by atoms with Crippen LogP contribution in [-0.2, 0) is 14.3 Å². The van der Waals surface area contributed by atoms with Gasteiger partial charge in [-0.1, -0.05) is 17.7 Å². The van der Waals surface area contributed by atoms with E-state index in [-0.39, 0.29) is 5.02 Å². The molecule has 0 unspecified atom stereocenters. The summed E-state index contributed by atoms with van der Waals surface area (Å²) in [6.45, 7) is 1.47. The van der Waals surface area contributed by atoms with Crippen molar-refractivity contribution < 1.29 is 14.3 Å². The van der Waals surface area contributed by atoms with Gasteiger partial charge in [0, 0.05) is 16.6 Å². The van der Waals surface area contributed by atoms with Crippen LogP contribution in [0.4, 0.5) is 5.69 Å². The first-order chi connectivity index (χ1) is 11.5. The van der Waals surface area contributed by atoms with Gasteiger partial charge in [0.2, 0.25) is 0 Å². The fourth-order valence-corrected chi connectivity index (χ4v) is 2.57. The largest absolute Gasteiger partial charge is 0.449 e. The van der Waals surface area contributed by atoms with E-state index in [4.69, 9.17) is 21.6 Å². The Morgan fingerprint density at radius 3 is 2.83 bits per heavy atom. The highest BCUT2D eigenvalue weighted by Crippen LogP contribution is 2.20. The van der Waals surface area contributed by atoms with Crippen molar-refractivity contribution in [2.24, 2.45) is 0 Å². The van der Waals surface area contributed by atoms with Crippen molar-refractivity contribution >= 4 is 46.6 Å². The van der Waals surface area contributed by atoms with Gasteiger partial charge in [-0.25, -0.2) is 4.79 Å². The number of rotatable bonds is 5. The SMILES string of the molecule is C[C@H](OC(=O)/C=C/c1cccs1)C(=O)Nc1ccc(C#N)c(Cl)c1. The number of anilines is 1. The van der Waals surface area contributed by atoms with Gasteiger partial charge in [0.1, 0.15) is 6.07 Å². The first-order valence-corrected chi connectivity index (χ1v) is 8.18. The summed E-state index contributed by atoms with van der Waals surface area (Å²) in [5.41, 5.74) is 0.730. The topological polar surface area (TPSA) is 79.2 Å². The Bertz CT molecular complexity index is 810. The maximum Gasteiger partial charge on any atom is 0.331 e. The molecule has 2 aromatic rings. The van der Waals surface area contributed by atoms with E-state index in [0.29, 0.717) is 11.3 Å². The van der Waals surface area contributed by atoms with Crippen molar-refractivity contribution in [1.82, 2.24) is 0 Å². The lowest BCUT2D eigenvalue weighted by atomic mass is 10.2. The number of halogens is 1. The molecule has 0 bridgehead atoms. The number of hydrogen-bond acceptors (Lipinski definition) is 5. The van der Waals surface area contributed by atoms with Gasteiger partial charge >= 0.3 is 5.97 Å². The van der Waals surface area contributed by atoms with Gasteiger partial charge in [-0.05, 0) is 42.6 Å². The molecule has 0 saturated carbocycles. The van der Waals surface area contributed by atoms with E-state index in [1.165, 1.54) is 36.5 Å². The van der Waals surface area contributed by atoms with E-state index in [1.807, 2.05) is 23.6 Å². The molecule has 0 fully saturated rings. The number of ether oxygens (including phenoxy) is 1. The first kappa shape index (κ1) is 17.7. The zero-order chi connectivity index (χ0) is 17.5. The number of amides is 1. The smallest absolute Gasteiger partial charge is 0.331 e. The monoisotopic (exact) mass is 360 g/mol. The molecule has 122 valence electrons. The molecule has 0 radical (unpaired) electrons. The number of carbonyl (C=O) groups excluding carboxylic acids is 2. The Labute approximate surface area is 148 Å². The second kappa shape index (κ2) is 8.29. The van der Waals surface area contributed by atoms with Crippen LogP contribution in [0.15, 0.2) is 41.8 Å². The minimum absolute atomic E-state index is 0.235. The predicted molar refractivity (Wildman–Crippen MR) is 93.7 cm³/mol. The molecule has 0 spiro atoms. The van der Waals surface area contributed by atoms with Crippen molar-refractivity contribution in [3.05, 3.63) is 57.3 Å².